The SMILES string of the molecule is CC[NH+](CC)CCn1c2ccc(C)cc2c2nc(C)sc21. The third-order valence-corrected chi connectivity index (χ3v) is 5.34. The number of rotatable bonds is 5. The zero-order valence-electron chi connectivity index (χ0n) is 13.4. The molecule has 2 heterocycles. The summed E-state index contributed by atoms with van der Waals surface area (Å²) in [5.41, 5.74) is 3.83. The molecule has 0 unspecified atom stereocenters. The molecule has 112 valence electrons. The molecule has 0 bridgehead atoms. The summed E-state index contributed by atoms with van der Waals surface area (Å²) in [6.45, 7) is 13.4. The van der Waals surface area contributed by atoms with Gasteiger partial charge in [-0.1, -0.05) is 11.6 Å². The first-order chi connectivity index (χ1) is 10.1. The van der Waals surface area contributed by atoms with Crippen LogP contribution in [0.3, 0.4) is 0 Å². The Kier molecular flexibility index (Phi) is 4.00. The quantitative estimate of drug-likeness (QED) is 0.769. The van der Waals surface area contributed by atoms with Crippen LogP contribution in [0.2, 0.25) is 0 Å². The monoisotopic (exact) mass is 302 g/mol. The molecule has 3 nitrogen and oxygen atoms in total. The van der Waals surface area contributed by atoms with Crippen molar-refractivity contribution < 1.29 is 4.90 Å². The highest BCUT2D eigenvalue weighted by atomic mass is 32.1. The summed E-state index contributed by atoms with van der Waals surface area (Å²) in [6.07, 6.45) is 0. The van der Waals surface area contributed by atoms with E-state index < -0.39 is 0 Å². The number of hydrogen-bond donors (Lipinski definition) is 1. The van der Waals surface area contributed by atoms with Crippen molar-refractivity contribution in [3.63, 3.8) is 0 Å². The fourth-order valence-corrected chi connectivity index (χ4v) is 4.02. The fraction of sp³-hybridized carbons (Fsp3) is 0.471. The molecule has 0 aliphatic carbocycles. The highest BCUT2D eigenvalue weighted by Gasteiger charge is 2.15. The molecule has 21 heavy (non-hydrogen) atoms. The summed E-state index contributed by atoms with van der Waals surface area (Å²) in [4.78, 5) is 7.75. The number of benzene rings is 1. The van der Waals surface area contributed by atoms with Gasteiger partial charge in [0.1, 0.15) is 10.3 Å². The van der Waals surface area contributed by atoms with Crippen molar-refractivity contribution in [2.75, 3.05) is 19.6 Å². The van der Waals surface area contributed by atoms with Crippen molar-refractivity contribution in [1.82, 2.24) is 9.55 Å². The number of aryl methyl sites for hydroxylation is 2. The number of thiazole rings is 1. The molecule has 1 N–H and O–H groups in total. The van der Waals surface area contributed by atoms with Gasteiger partial charge in [-0.05, 0) is 39.8 Å². The molecule has 0 saturated heterocycles. The molecular weight excluding hydrogens is 278 g/mol. The molecule has 0 fully saturated rings. The van der Waals surface area contributed by atoms with Gasteiger partial charge in [-0.2, -0.15) is 0 Å². The van der Waals surface area contributed by atoms with Gasteiger partial charge in [-0.25, -0.2) is 4.98 Å². The smallest absolute Gasteiger partial charge is 0.124 e. The number of aromatic nitrogens is 2. The maximum atomic E-state index is 4.76. The lowest BCUT2D eigenvalue weighted by molar-refractivity contribution is -0.897. The van der Waals surface area contributed by atoms with E-state index in [0.29, 0.717) is 0 Å². The molecule has 2 aromatic heterocycles. The lowest BCUT2D eigenvalue weighted by Gasteiger charge is -2.16. The van der Waals surface area contributed by atoms with Crippen LogP contribution in [0.1, 0.15) is 24.4 Å². The average Bonchev–Trinajstić information content (AvgIpc) is 2.97. The van der Waals surface area contributed by atoms with Crippen LogP contribution in [0.5, 0.6) is 0 Å². The number of nitrogens with zero attached hydrogens (tertiary/aromatic N) is 2. The van der Waals surface area contributed by atoms with Gasteiger partial charge >= 0.3 is 0 Å². The minimum absolute atomic E-state index is 1.07. The predicted octanol–water partition coefficient (Wildman–Crippen LogP) is 2.79. The van der Waals surface area contributed by atoms with Crippen LogP contribution in [0.15, 0.2) is 18.2 Å². The molecule has 3 rings (SSSR count). The van der Waals surface area contributed by atoms with Gasteiger partial charge in [0.25, 0.3) is 0 Å². The number of quaternary nitrogens is 1. The third-order valence-electron chi connectivity index (χ3n) is 4.35. The van der Waals surface area contributed by atoms with Gasteiger partial charge in [0.15, 0.2) is 0 Å². The number of nitrogens with one attached hydrogen (secondary N) is 1. The first kappa shape index (κ1) is 14.5. The molecule has 0 spiro atoms. The molecule has 3 aromatic rings. The molecule has 0 amide bonds. The van der Waals surface area contributed by atoms with E-state index in [2.05, 4.69) is 50.5 Å². The zero-order chi connectivity index (χ0) is 15.0. The Bertz CT molecular complexity index is 765. The normalized spacial score (nSPS) is 12.0. The van der Waals surface area contributed by atoms with Crippen LogP contribution in [0.25, 0.3) is 21.3 Å². The predicted molar refractivity (Wildman–Crippen MR) is 91.5 cm³/mol. The Morgan fingerprint density at radius 3 is 2.67 bits per heavy atom. The summed E-state index contributed by atoms with van der Waals surface area (Å²) < 4.78 is 2.47. The number of hydrogen-bond acceptors (Lipinski definition) is 2. The van der Waals surface area contributed by atoms with Crippen LogP contribution >= 0.6 is 11.3 Å². The molecule has 0 saturated carbocycles. The van der Waals surface area contributed by atoms with E-state index in [4.69, 9.17) is 4.98 Å². The summed E-state index contributed by atoms with van der Waals surface area (Å²) >= 11 is 1.82. The highest BCUT2D eigenvalue weighted by molar-refractivity contribution is 7.18. The van der Waals surface area contributed by atoms with Crippen LogP contribution in [-0.4, -0.2) is 29.2 Å². The van der Waals surface area contributed by atoms with E-state index in [0.717, 1.165) is 11.6 Å². The topological polar surface area (TPSA) is 22.3 Å². The lowest BCUT2D eigenvalue weighted by Crippen LogP contribution is -3.11. The number of likely N-dealkylation sites (N-methyl/N-ethyl adjacent to an activating group) is 1. The Labute approximate surface area is 130 Å². The van der Waals surface area contributed by atoms with Crippen molar-refractivity contribution >= 4 is 32.6 Å². The van der Waals surface area contributed by atoms with E-state index in [1.165, 1.54) is 46.4 Å². The minimum atomic E-state index is 1.07. The standard InChI is InChI=1S/C17H23N3S/c1-5-19(6-2)9-10-20-15-8-7-12(3)11-14(15)16-17(20)21-13(4)18-16/h7-8,11H,5-6,9-10H2,1-4H3/p+1. The summed E-state index contributed by atoms with van der Waals surface area (Å²) in [5, 5.41) is 2.47. The molecule has 4 heteroatoms. The molecule has 0 aliphatic rings. The first-order valence-electron chi connectivity index (χ1n) is 7.83. The van der Waals surface area contributed by atoms with Crippen molar-refractivity contribution in [1.29, 1.82) is 0 Å². The van der Waals surface area contributed by atoms with Crippen LogP contribution < -0.4 is 4.90 Å². The summed E-state index contributed by atoms with van der Waals surface area (Å²) in [5.74, 6) is 0. The Balaban J connectivity index is 2.09. The molecular formula is C17H24N3S+. The van der Waals surface area contributed by atoms with E-state index >= 15 is 0 Å². The van der Waals surface area contributed by atoms with Crippen molar-refractivity contribution in [2.45, 2.75) is 34.2 Å². The fourth-order valence-electron chi connectivity index (χ4n) is 3.05. The highest BCUT2D eigenvalue weighted by Crippen LogP contribution is 2.32. The largest absolute Gasteiger partial charge is 0.334 e. The second-order valence-electron chi connectivity index (χ2n) is 5.77. The van der Waals surface area contributed by atoms with Gasteiger partial charge in [-0.3, -0.25) is 0 Å². The van der Waals surface area contributed by atoms with Crippen LogP contribution in [0, 0.1) is 13.8 Å². The average molecular weight is 302 g/mol. The maximum absolute atomic E-state index is 4.76. The first-order valence-corrected chi connectivity index (χ1v) is 8.65. The van der Waals surface area contributed by atoms with Gasteiger partial charge in [-0.15, -0.1) is 11.3 Å². The second kappa shape index (κ2) is 5.78. The Morgan fingerprint density at radius 2 is 1.95 bits per heavy atom. The van der Waals surface area contributed by atoms with E-state index in [-0.39, 0.29) is 0 Å². The maximum Gasteiger partial charge on any atom is 0.124 e. The van der Waals surface area contributed by atoms with Crippen LogP contribution in [-0.2, 0) is 6.54 Å². The number of fused-ring (bicyclic) bond motifs is 3. The zero-order valence-corrected chi connectivity index (χ0v) is 14.2. The molecule has 1 aromatic carbocycles. The molecule has 0 aliphatic heterocycles. The van der Waals surface area contributed by atoms with Gasteiger partial charge < -0.3 is 9.47 Å². The van der Waals surface area contributed by atoms with E-state index in [1.807, 2.05) is 11.3 Å². The summed E-state index contributed by atoms with van der Waals surface area (Å²) in [6, 6.07) is 6.74. The lowest BCUT2D eigenvalue weighted by atomic mass is 10.2. The Hall–Kier alpha value is -1.39. The van der Waals surface area contributed by atoms with Crippen molar-refractivity contribution in [3.05, 3.63) is 28.8 Å². The van der Waals surface area contributed by atoms with Gasteiger partial charge in [0.2, 0.25) is 0 Å². The Morgan fingerprint density at radius 1 is 1.19 bits per heavy atom. The summed E-state index contributed by atoms with van der Waals surface area (Å²) in [7, 11) is 0. The van der Waals surface area contributed by atoms with E-state index in [1.54, 1.807) is 4.90 Å². The second-order valence-corrected chi connectivity index (χ2v) is 6.95. The van der Waals surface area contributed by atoms with Gasteiger partial charge in [0, 0.05) is 5.39 Å². The minimum Gasteiger partial charge on any atom is -0.334 e. The molecule has 0 radical (unpaired) electrons. The van der Waals surface area contributed by atoms with Crippen molar-refractivity contribution in [3.8, 4) is 0 Å². The third kappa shape index (κ3) is 2.58. The van der Waals surface area contributed by atoms with Gasteiger partial charge in [0.05, 0.1) is 36.7 Å². The molecule has 0 atom stereocenters. The van der Waals surface area contributed by atoms with E-state index in [9.17, 15) is 0 Å². The van der Waals surface area contributed by atoms with Crippen LogP contribution in [0.4, 0.5) is 0 Å². The van der Waals surface area contributed by atoms with Crippen molar-refractivity contribution in [2.24, 2.45) is 0 Å².